The van der Waals surface area contributed by atoms with E-state index in [2.05, 4.69) is 20.0 Å². The van der Waals surface area contributed by atoms with Gasteiger partial charge in [0.2, 0.25) is 0 Å². The van der Waals surface area contributed by atoms with Crippen LogP contribution in [-0.4, -0.2) is 35.8 Å². The van der Waals surface area contributed by atoms with Crippen molar-refractivity contribution in [1.82, 2.24) is 9.97 Å². The lowest BCUT2D eigenvalue weighted by atomic mass is 10.5. The molecule has 1 heterocycles. The summed E-state index contributed by atoms with van der Waals surface area (Å²) in [4.78, 5) is 18.9. The van der Waals surface area contributed by atoms with E-state index in [0.29, 0.717) is 12.2 Å². The van der Waals surface area contributed by atoms with Crippen LogP contribution in [-0.2, 0) is 9.53 Å². The van der Waals surface area contributed by atoms with Gasteiger partial charge in [-0.3, -0.25) is 4.79 Å². The van der Waals surface area contributed by atoms with Crippen LogP contribution in [0.25, 0.3) is 0 Å². The maximum atomic E-state index is 10.8. The number of carbonyl (C=O) groups excluding carboxylic acids is 1. The van der Waals surface area contributed by atoms with E-state index in [1.165, 1.54) is 25.2 Å². The molecular formula is C9H13N3O2S. The summed E-state index contributed by atoms with van der Waals surface area (Å²) in [6.45, 7) is 0. The van der Waals surface area contributed by atoms with Crippen LogP contribution in [0.1, 0.15) is 6.42 Å². The molecule has 0 radical (unpaired) electrons. The van der Waals surface area contributed by atoms with E-state index in [4.69, 9.17) is 0 Å². The molecule has 0 atom stereocenters. The van der Waals surface area contributed by atoms with Crippen molar-refractivity contribution < 1.29 is 9.53 Å². The molecular weight excluding hydrogens is 214 g/mol. The molecule has 0 fully saturated rings. The van der Waals surface area contributed by atoms with Gasteiger partial charge >= 0.3 is 5.97 Å². The molecule has 6 heteroatoms. The molecule has 0 aliphatic heterocycles. The zero-order chi connectivity index (χ0) is 11.1. The van der Waals surface area contributed by atoms with Gasteiger partial charge < -0.3 is 10.1 Å². The fourth-order valence-electron chi connectivity index (χ4n) is 0.896. The van der Waals surface area contributed by atoms with E-state index in [0.717, 1.165) is 10.8 Å². The van der Waals surface area contributed by atoms with Crippen LogP contribution >= 0.6 is 11.8 Å². The number of anilines is 1. The molecule has 15 heavy (non-hydrogen) atoms. The Bertz CT molecular complexity index is 333. The van der Waals surface area contributed by atoms with E-state index < -0.39 is 0 Å². The highest BCUT2D eigenvalue weighted by molar-refractivity contribution is 7.99. The van der Waals surface area contributed by atoms with Crippen LogP contribution in [0.5, 0.6) is 0 Å². The normalized spacial score (nSPS) is 9.73. The minimum atomic E-state index is -0.203. The molecule has 5 nitrogen and oxygen atoms in total. The second kappa shape index (κ2) is 6.23. The Morgan fingerprint density at radius 1 is 1.60 bits per heavy atom. The number of rotatable bonds is 5. The van der Waals surface area contributed by atoms with Crippen molar-refractivity contribution in [2.45, 2.75) is 11.4 Å². The number of carbonyl (C=O) groups is 1. The van der Waals surface area contributed by atoms with Gasteiger partial charge in [-0.25, -0.2) is 9.97 Å². The summed E-state index contributed by atoms with van der Waals surface area (Å²) < 4.78 is 4.54. The third-order valence-electron chi connectivity index (χ3n) is 1.68. The van der Waals surface area contributed by atoms with Crippen LogP contribution in [0.3, 0.4) is 0 Å². The average molecular weight is 227 g/mol. The summed E-state index contributed by atoms with van der Waals surface area (Å²) in [5.74, 6) is 1.23. The first-order valence-corrected chi connectivity index (χ1v) is 5.44. The van der Waals surface area contributed by atoms with Gasteiger partial charge in [-0.2, -0.15) is 0 Å². The Balaban J connectivity index is 2.40. The van der Waals surface area contributed by atoms with Crippen LogP contribution in [0.15, 0.2) is 17.4 Å². The molecule has 0 unspecified atom stereocenters. The highest BCUT2D eigenvalue weighted by Crippen LogP contribution is 2.17. The van der Waals surface area contributed by atoms with Crippen molar-refractivity contribution in [3.63, 3.8) is 0 Å². The summed E-state index contributed by atoms with van der Waals surface area (Å²) in [6, 6.07) is 1.84. The second-order valence-electron chi connectivity index (χ2n) is 2.67. The van der Waals surface area contributed by atoms with Crippen molar-refractivity contribution in [2.75, 3.05) is 25.2 Å². The lowest BCUT2D eigenvalue weighted by molar-refractivity contribution is -0.140. The molecule has 1 rings (SSSR count). The molecule has 0 saturated heterocycles. The zero-order valence-electron chi connectivity index (χ0n) is 8.69. The smallest absolute Gasteiger partial charge is 0.306 e. The first kappa shape index (κ1) is 11.8. The van der Waals surface area contributed by atoms with Gasteiger partial charge in [-0.05, 0) is 0 Å². The number of ether oxygens (including phenoxy) is 1. The molecule has 0 aliphatic carbocycles. The van der Waals surface area contributed by atoms with E-state index >= 15 is 0 Å². The predicted octanol–water partition coefficient (Wildman–Crippen LogP) is 1.17. The monoisotopic (exact) mass is 227 g/mol. The SMILES string of the molecule is CNc1cc(SCCC(=O)OC)ncn1. The summed E-state index contributed by atoms with van der Waals surface area (Å²) in [5.41, 5.74) is 0. The van der Waals surface area contributed by atoms with Crippen LogP contribution in [0, 0.1) is 0 Å². The first-order valence-electron chi connectivity index (χ1n) is 4.45. The van der Waals surface area contributed by atoms with Gasteiger partial charge in [-0.1, -0.05) is 0 Å². The van der Waals surface area contributed by atoms with Gasteiger partial charge in [-0.15, -0.1) is 11.8 Å². The Morgan fingerprint density at radius 3 is 3.07 bits per heavy atom. The lowest BCUT2D eigenvalue weighted by Gasteiger charge is -2.02. The number of esters is 1. The summed E-state index contributed by atoms with van der Waals surface area (Å²) >= 11 is 1.50. The van der Waals surface area contributed by atoms with Gasteiger partial charge in [0.1, 0.15) is 17.2 Å². The number of aromatic nitrogens is 2. The Kier molecular flexibility index (Phi) is 4.89. The van der Waals surface area contributed by atoms with E-state index in [9.17, 15) is 4.79 Å². The Morgan fingerprint density at radius 2 is 2.40 bits per heavy atom. The number of hydrogen-bond acceptors (Lipinski definition) is 6. The van der Waals surface area contributed by atoms with Gasteiger partial charge in [0, 0.05) is 18.9 Å². The number of methoxy groups -OCH3 is 1. The van der Waals surface area contributed by atoms with Crippen LogP contribution in [0.2, 0.25) is 0 Å². The van der Waals surface area contributed by atoms with Crippen LogP contribution in [0.4, 0.5) is 5.82 Å². The van der Waals surface area contributed by atoms with Crippen molar-refractivity contribution in [3.8, 4) is 0 Å². The molecule has 0 aliphatic rings. The zero-order valence-corrected chi connectivity index (χ0v) is 9.50. The van der Waals surface area contributed by atoms with Gasteiger partial charge in [0.05, 0.1) is 13.5 Å². The fourth-order valence-corrected chi connectivity index (χ4v) is 1.69. The maximum Gasteiger partial charge on any atom is 0.306 e. The quantitative estimate of drug-likeness (QED) is 0.463. The van der Waals surface area contributed by atoms with E-state index in [1.807, 2.05) is 6.07 Å². The lowest BCUT2D eigenvalue weighted by Crippen LogP contribution is -2.01. The van der Waals surface area contributed by atoms with Crippen molar-refractivity contribution in [1.29, 1.82) is 0 Å². The number of hydrogen-bond donors (Lipinski definition) is 1. The molecule has 82 valence electrons. The Hall–Kier alpha value is -1.30. The minimum absolute atomic E-state index is 0.203. The van der Waals surface area contributed by atoms with E-state index in [-0.39, 0.29) is 5.97 Å². The molecule has 0 spiro atoms. The summed E-state index contributed by atoms with van der Waals surface area (Å²) in [5, 5.41) is 3.77. The number of nitrogens with zero attached hydrogens (tertiary/aromatic N) is 2. The predicted molar refractivity (Wildman–Crippen MR) is 58.9 cm³/mol. The summed E-state index contributed by atoms with van der Waals surface area (Å²) in [7, 11) is 3.18. The van der Waals surface area contributed by atoms with Crippen LogP contribution < -0.4 is 5.32 Å². The topological polar surface area (TPSA) is 64.1 Å². The third-order valence-corrected chi connectivity index (χ3v) is 2.61. The second-order valence-corrected chi connectivity index (χ2v) is 3.78. The molecule has 1 N–H and O–H groups in total. The largest absolute Gasteiger partial charge is 0.469 e. The van der Waals surface area contributed by atoms with Gasteiger partial charge in [0.25, 0.3) is 0 Å². The average Bonchev–Trinajstić information content (AvgIpc) is 2.29. The molecule has 0 amide bonds. The first-order chi connectivity index (χ1) is 7.26. The Labute approximate surface area is 92.6 Å². The minimum Gasteiger partial charge on any atom is -0.469 e. The standard InChI is InChI=1S/C9H13N3O2S/c1-10-7-5-8(12-6-11-7)15-4-3-9(13)14-2/h5-6H,3-4H2,1-2H3,(H,10,11,12). The molecule has 1 aromatic rings. The van der Waals surface area contributed by atoms with Gasteiger partial charge in [0.15, 0.2) is 0 Å². The molecule has 0 saturated carbocycles. The van der Waals surface area contributed by atoms with Crippen molar-refractivity contribution in [2.24, 2.45) is 0 Å². The molecule has 1 aromatic heterocycles. The number of nitrogens with one attached hydrogen (secondary N) is 1. The summed E-state index contributed by atoms with van der Waals surface area (Å²) in [6.07, 6.45) is 1.88. The maximum absolute atomic E-state index is 10.8. The number of thioether (sulfide) groups is 1. The highest BCUT2D eigenvalue weighted by atomic mass is 32.2. The van der Waals surface area contributed by atoms with E-state index in [1.54, 1.807) is 7.05 Å². The molecule has 0 aromatic carbocycles. The molecule has 0 bridgehead atoms. The van der Waals surface area contributed by atoms with Crippen molar-refractivity contribution in [3.05, 3.63) is 12.4 Å². The third kappa shape index (κ3) is 4.16. The fraction of sp³-hybridized carbons (Fsp3) is 0.444. The van der Waals surface area contributed by atoms with Crippen molar-refractivity contribution >= 4 is 23.5 Å². The highest BCUT2D eigenvalue weighted by Gasteiger charge is 2.02.